The van der Waals surface area contributed by atoms with E-state index >= 15 is 0 Å². The topological polar surface area (TPSA) is 99.1 Å². The molecule has 2 unspecified atom stereocenters. The second kappa shape index (κ2) is 35.1. The summed E-state index contributed by atoms with van der Waals surface area (Å²) >= 11 is 0. The van der Waals surface area contributed by atoms with Crippen LogP contribution in [0.1, 0.15) is 149 Å². The van der Waals surface area contributed by atoms with Crippen LogP contribution in [0.15, 0.2) is 60.8 Å². The van der Waals surface area contributed by atoms with Gasteiger partial charge >= 0.3 is 17.9 Å². The van der Waals surface area contributed by atoms with Gasteiger partial charge in [-0.05, 0) is 77.0 Å². The molecule has 0 spiro atoms. The number of quaternary nitrogens is 1. The zero-order chi connectivity index (χ0) is 38.5. The highest BCUT2D eigenvalue weighted by atomic mass is 16.6. The lowest BCUT2D eigenvalue weighted by Gasteiger charge is -2.31. The van der Waals surface area contributed by atoms with Crippen molar-refractivity contribution in [2.45, 2.75) is 161 Å². The Kier molecular flexibility index (Phi) is 33.1. The molecule has 8 heteroatoms. The molecule has 2 atom stereocenters. The Hall–Kier alpha value is -2.97. The van der Waals surface area contributed by atoms with E-state index in [1.165, 1.54) is 25.7 Å². The molecule has 8 nitrogen and oxygen atoms in total. The average Bonchev–Trinajstić information content (AvgIpc) is 3.09. The molecule has 1 N–H and O–H groups in total. The Morgan fingerprint density at radius 1 is 0.596 bits per heavy atom. The molecule has 0 bridgehead atoms. The number of rotatable bonds is 35. The number of likely N-dealkylation sites (N-methyl/N-ethyl adjacent to an activating group) is 1. The average molecular weight is 731 g/mol. The van der Waals surface area contributed by atoms with Crippen molar-refractivity contribution in [2.24, 2.45) is 0 Å². The second-order valence-electron chi connectivity index (χ2n) is 14.5. The number of ether oxygens (including phenoxy) is 3. The van der Waals surface area contributed by atoms with Gasteiger partial charge in [-0.2, -0.15) is 0 Å². The monoisotopic (exact) mass is 731 g/mol. The normalized spacial score (nSPS) is 13.6. The maximum Gasteiger partial charge on any atom is 0.362 e. The first-order valence-corrected chi connectivity index (χ1v) is 20.3. The Morgan fingerprint density at radius 2 is 1.08 bits per heavy atom. The lowest BCUT2D eigenvalue weighted by atomic mass is 10.1. The van der Waals surface area contributed by atoms with E-state index in [-0.39, 0.29) is 42.7 Å². The van der Waals surface area contributed by atoms with Crippen LogP contribution >= 0.6 is 0 Å². The Balaban J connectivity index is 4.47. The Bertz CT molecular complexity index is 1040. The van der Waals surface area contributed by atoms with Crippen LogP contribution in [0.5, 0.6) is 0 Å². The van der Waals surface area contributed by atoms with E-state index in [0.717, 1.165) is 89.9 Å². The van der Waals surface area contributed by atoms with Crippen LogP contribution in [0, 0.1) is 0 Å². The molecule has 0 aliphatic rings. The predicted molar refractivity (Wildman–Crippen MR) is 215 cm³/mol. The zero-order valence-electron chi connectivity index (χ0n) is 33.7. The van der Waals surface area contributed by atoms with Gasteiger partial charge in [0.25, 0.3) is 0 Å². The SMILES string of the molecule is CC/C=C\C/C=C\C/C=C\CCCCCC(=O)OC(COCCC(C(=O)O)[N+](C)(C)C)COC(=O)CCCCCCC/C=C\C/C=C\CCCCC. The number of allylic oxidation sites excluding steroid dienone is 10. The summed E-state index contributed by atoms with van der Waals surface area (Å²) < 4.78 is 17.2. The molecule has 0 saturated heterocycles. The predicted octanol–water partition coefficient (Wildman–Crippen LogP) is 10.6. The van der Waals surface area contributed by atoms with E-state index in [0.29, 0.717) is 12.8 Å². The van der Waals surface area contributed by atoms with Crippen LogP contribution in [0.4, 0.5) is 0 Å². The van der Waals surface area contributed by atoms with Gasteiger partial charge in [0.2, 0.25) is 0 Å². The molecule has 0 aliphatic heterocycles. The summed E-state index contributed by atoms with van der Waals surface area (Å²) in [6.07, 6.45) is 41.2. The van der Waals surface area contributed by atoms with Crippen molar-refractivity contribution in [2.75, 3.05) is 41.0 Å². The molecule has 0 amide bonds. The second-order valence-corrected chi connectivity index (χ2v) is 14.5. The van der Waals surface area contributed by atoms with Gasteiger partial charge < -0.3 is 23.8 Å². The van der Waals surface area contributed by atoms with Crippen LogP contribution in [0.3, 0.4) is 0 Å². The summed E-state index contributed by atoms with van der Waals surface area (Å²) in [5.74, 6) is -1.53. The van der Waals surface area contributed by atoms with Crippen molar-refractivity contribution in [3.8, 4) is 0 Å². The fourth-order valence-electron chi connectivity index (χ4n) is 5.49. The van der Waals surface area contributed by atoms with E-state index in [4.69, 9.17) is 14.2 Å². The molecule has 0 aromatic carbocycles. The highest BCUT2D eigenvalue weighted by Gasteiger charge is 2.31. The van der Waals surface area contributed by atoms with E-state index in [2.05, 4.69) is 74.6 Å². The first-order chi connectivity index (χ1) is 25.1. The number of aliphatic carboxylic acids is 1. The minimum atomic E-state index is -0.885. The zero-order valence-corrected chi connectivity index (χ0v) is 33.7. The summed E-state index contributed by atoms with van der Waals surface area (Å²) in [6, 6.07) is -0.623. The first-order valence-electron chi connectivity index (χ1n) is 20.3. The smallest absolute Gasteiger partial charge is 0.362 e. The Labute approximate surface area is 318 Å². The third-order valence-corrected chi connectivity index (χ3v) is 8.65. The first kappa shape index (κ1) is 49.0. The van der Waals surface area contributed by atoms with Gasteiger partial charge in [0.05, 0.1) is 34.4 Å². The number of hydrogen-bond acceptors (Lipinski definition) is 6. The highest BCUT2D eigenvalue weighted by molar-refractivity contribution is 5.72. The number of carboxylic acids is 1. The minimum absolute atomic E-state index is 0.0420. The van der Waals surface area contributed by atoms with Crippen LogP contribution in [0.2, 0.25) is 0 Å². The summed E-state index contributed by atoms with van der Waals surface area (Å²) in [7, 11) is 5.50. The maximum atomic E-state index is 12.7. The number of carbonyl (C=O) groups excluding carboxylic acids is 2. The number of carboxylic acid groups (broad SMARTS) is 1. The van der Waals surface area contributed by atoms with Crippen molar-refractivity contribution in [3.05, 3.63) is 60.8 Å². The van der Waals surface area contributed by atoms with Gasteiger partial charge in [-0.3, -0.25) is 9.59 Å². The van der Waals surface area contributed by atoms with Crippen molar-refractivity contribution in [1.82, 2.24) is 0 Å². The van der Waals surface area contributed by atoms with Gasteiger partial charge in [-0.1, -0.05) is 113 Å². The lowest BCUT2D eigenvalue weighted by molar-refractivity contribution is -0.887. The van der Waals surface area contributed by atoms with E-state index in [1.54, 1.807) is 0 Å². The maximum absolute atomic E-state index is 12.7. The van der Waals surface area contributed by atoms with Gasteiger partial charge in [0.1, 0.15) is 6.61 Å². The fourth-order valence-corrected chi connectivity index (χ4v) is 5.49. The highest BCUT2D eigenvalue weighted by Crippen LogP contribution is 2.12. The molecule has 0 aromatic heterocycles. The molecular weight excluding hydrogens is 654 g/mol. The van der Waals surface area contributed by atoms with Gasteiger partial charge in [0.15, 0.2) is 12.1 Å². The van der Waals surface area contributed by atoms with Gasteiger partial charge in [-0.15, -0.1) is 0 Å². The van der Waals surface area contributed by atoms with Gasteiger partial charge in [0, 0.05) is 19.3 Å². The number of carbonyl (C=O) groups is 3. The summed E-state index contributed by atoms with van der Waals surface area (Å²) in [5, 5.41) is 9.59. The van der Waals surface area contributed by atoms with Crippen LogP contribution in [-0.2, 0) is 28.6 Å². The molecule has 0 aliphatic carbocycles. The van der Waals surface area contributed by atoms with Crippen LogP contribution in [-0.4, -0.2) is 80.6 Å². The third kappa shape index (κ3) is 32.9. The number of hydrogen-bond donors (Lipinski definition) is 1. The fraction of sp³-hybridized carbons (Fsp3) is 0.705. The summed E-state index contributed by atoms with van der Waals surface area (Å²) in [6.45, 7) is 4.53. The minimum Gasteiger partial charge on any atom is -0.477 e. The standard InChI is InChI=1S/C44H75NO7/c1-6-8-10-12-14-16-18-20-21-23-24-26-28-30-32-34-42(46)51-39-40(38-50-37-36-41(44(48)49)45(3,4)5)52-43(47)35-33-31-29-27-25-22-19-17-15-13-11-9-7-2/h9,11,14-17,20-22,25,40-41H,6-8,10,12-13,18-19,23-24,26-39H2,1-5H3/p+1/b11-9-,16-14-,17-15-,21-20-,25-22-. The number of unbranched alkanes of at least 4 members (excludes halogenated alkanes) is 11. The summed E-state index contributed by atoms with van der Waals surface area (Å²) in [4.78, 5) is 36.8. The molecular formula is C44H76NO7+. The molecule has 0 aromatic rings. The molecule has 0 rings (SSSR count). The van der Waals surface area contributed by atoms with Crippen molar-refractivity contribution < 1.29 is 38.2 Å². The van der Waals surface area contributed by atoms with Crippen molar-refractivity contribution in [3.63, 3.8) is 0 Å². The third-order valence-electron chi connectivity index (χ3n) is 8.65. The molecule has 0 saturated carbocycles. The van der Waals surface area contributed by atoms with Gasteiger partial charge in [-0.25, -0.2) is 4.79 Å². The molecule has 52 heavy (non-hydrogen) atoms. The molecule has 0 radical (unpaired) electrons. The van der Waals surface area contributed by atoms with E-state index in [9.17, 15) is 19.5 Å². The quantitative estimate of drug-likeness (QED) is 0.0300. The molecule has 298 valence electrons. The summed E-state index contributed by atoms with van der Waals surface area (Å²) in [5.41, 5.74) is 0. The Morgan fingerprint density at radius 3 is 1.62 bits per heavy atom. The number of esters is 2. The van der Waals surface area contributed by atoms with Crippen molar-refractivity contribution >= 4 is 17.9 Å². The van der Waals surface area contributed by atoms with E-state index in [1.807, 2.05) is 21.1 Å². The van der Waals surface area contributed by atoms with Crippen LogP contribution in [0.25, 0.3) is 0 Å². The largest absolute Gasteiger partial charge is 0.477 e. The van der Waals surface area contributed by atoms with Crippen LogP contribution < -0.4 is 0 Å². The molecule has 0 heterocycles. The lowest BCUT2D eigenvalue weighted by Crippen LogP contribution is -2.50. The molecule has 0 fully saturated rings. The number of nitrogens with zero attached hydrogens (tertiary/aromatic N) is 1. The van der Waals surface area contributed by atoms with Crippen molar-refractivity contribution in [1.29, 1.82) is 0 Å². The van der Waals surface area contributed by atoms with E-state index < -0.39 is 18.1 Å².